The van der Waals surface area contributed by atoms with Gasteiger partial charge in [-0.25, -0.2) is 9.37 Å². The fraction of sp³-hybridized carbons (Fsp3) is 0.407. The predicted octanol–water partition coefficient (Wildman–Crippen LogP) is 5.31. The predicted molar refractivity (Wildman–Crippen MR) is 142 cm³/mol. The lowest BCUT2D eigenvalue weighted by Gasteiger charge is -2.12. The number of carbonyl (C=O) groups is 1. The summed E-state index contributed by atoms with van der Waals surface area (Å²) < 4.78 is 14.6. The topological polar surface area (TPSA) is 108 Å². The zero-order valence-corrected chi connectivity index (χ0v) is 21.8. The fourth-order valence-corrected chi connectivity index (χ4v) is 3.49. The highest BCUT2D eigenvalue weighted by molar-refractivity contribution is 5.98. The van der Waals surface area contributed by atoms with Crippen LogP contribution in [-0.4, -0.2) is 48.8 Å². The monoisotopic (exact) mass is 480 g/mol. The van der Waals surface area contributed by atoms with Crippen molar-refractivity contribution in [3.8, 4) is 17.2 Å². The smallest absolute Gasteiger partial charge is 0.154 e. The van der Waals surface area contributed by atoms with Gasteiger partial charge in [0.1, 0.15) is 12.1 Å². The van der Waals surface area contributed by atoms with Gasteiger partial charge in [0, 0.05) is 61.5 Å². The van der Waals surface area contributed by atoms with Crippen LogP contribution in [0.2, 0.25) is 0 Å². The highest BCUT2D eigenvalue weighted by atomic mass is 19.1. The summed E-state index contributed by atoms with van der Waals surface area (Å²) in [4.78, 5) is 20.5. The van der Waals surface area contributed by atoms with Crippen LogP contribution in [-0.2, 0) is 4.79 Å². The fourth-order valence-electron chi connectivity index (χ4n) is 3.49. The summed E-state index contributed by atoms with van der Waals surface area (Å²) in [5, 5.41) is 11.7. The molecule has 2 atom stereocenters. The molecule has 8 heteroatoms. The van der Waals surface area contributed by atoms with E-state index in [0.29, 0.717) is 28.6 Å². The summed E-state index contributed by atoms with van der Waals surface area (Å²) in [6.07, 6.45) is 7.11. The molecule has 0 bridgehead atoms. The summed E-state index contributed by atoms with van der Waals surface area (Å²) >= 11 is 0. The molecule has 0 radical (unpaired) electrons. The molecule has 2 unspecified atom stereocenters. The normalized spacial score (nSPS) is 15.3. The van der Waals surface area contributed by atoms with Crippen molar-refractivity contribution in [1.82, 2.24) is 14.9 Å². The van der Waals surface area contributed by atoms with Crippen molar-refractivity contribution in [3.63, 3.8) is 0 Å². The van der Waals surface area contributed by atoms with Gasteiger partial charge < -0.3 is 20.7 Å². The highest BCUT2D eigenvalue weighted by Gasteiger charge is 2.36. The third-order valence-corrected chi connectivity index (χ3v) is 5.34. The molecule has 0 aliphatic heterocycles. The van der Waals surface area contributed by atoms with Crippen molar-refractivity contribution >= 4 is 28.6 Å². The second-order valence-electron chi connectivity index (χ2n) is 8.16. The SMILES string of the molecule is CC.CC#N.CN(C)CC1CC1C=O.CNc1cc2cc(-c3cnccc3C)c(F)c(N)c2cn1. The first-order chi connectivity index (χ1) is 16.8. The number of carbonyl (C=O) groups excluding carboxylic acids is 1. The van der Waals surface area contributed by atoms with E-state index in [-0.39, 0.29) is 5.69 Å². The summed E-state index contributed by atoms with van der Waals surface area (Å²) in [5.74, 6) is 1.32. The van der Waals surface area contributed by atoms with Gasteiger partial charge in [-0.05, 0) is 62.5 Å². The first kappa shape index (κ1) is 29.5. The molecule has 1 aliphatic carbocycles. The van der Waals surface area contributed by atoms with Crippen molar-refractivity contribution < 1.29 is 9.18 Å². The van der Waals surface area contributed by atoms with Gasteiger partial charge in [-0.15, -0.1) is 0 Å². The van der Waals surface area contributed by atoms with E-state index in [4.69, 9.17) is 11.0 Å². The zero-order valence-electron chi connectivity index (χ0n) is 21.8. The molecular formula is C27H37FN6O. The molecule has 2 heterocycles. The van der Waals surface area contributed by atoms with E-state index >= 15 is 0 Å². The van der Waals surface area contributed by atoms with E-state index in [9.17, 15) is 9.18 Å². The molecule has 3 N–H and O–H groups in total. The molecular weight excluding hydrogens is 443 g/mol. The van der Waals surface area contributed by atoms with Gasteiger partial charge in [-0.3, -0.25) is 4.98 Å². The van der Waals surface area contributed by atoms with Gasteiger partial charge in [0.15, 0.2) is 5.82 Å². The molecule has 2 aromatic heterocycles. The van der Waals surface area contributed by atoms with Crippen LogP contribution in [0.5, 0.6) is 0 Å². The number of hydrogen-bond acceptors (Lipinski definition) is 7. The van der Waals surface area contributed by atoms with Crippen molar-refractivity contribution in [1.29, 1.82) is 5.26 Å². The minimum absolute atomic E-state index is 0.112. The van der Waals surface area contributed by atoms with E-state index in [2.05, 4.69) is 20.2 Å². The van der Waals surface area contributed by atoms with Gasteiger partial charge in [0.05, 0.1) is 11.8 Å². The number of nitrogens with one attached hydrogen (secondary N) is 1. The Bertz CT molecular complexity index is 1140. The van der Waals surface area contributed by atoms with Crippen molar-refractivity contribution in [2.75, 3.05) is 38.7 Å². The number of rotatable bonds is 5. The molecule has 7 nitrogen and oxygen atoms in total. The lowest BCUT2D eigenvalue weighted by molar-refractivity contribution is -0.109. The number of nitriles is 1. The standard InChI is InChI=1S/C16H15FN4.C7H13NO.C2H3N.C2H6/c1-9-3-4-20-7-12(9)11-5-10-6-14(19-2)21-8-13(10)16(18)15(11)17;1-8(2)4-6-3-7(6)5-9;1-2-3;1-2/h3-8H,18H2,1-2H3,(H,19,21);5-7H,3-4H2,1-2H3;1H3;1-2H3. The van der Waals surface area contributed by atoms with Gasteiger partial charge in [0.2, 0.25) is 0 Å². The van der Waals surface area contributed by atoms with Gasteiger partial charge >= 0.3 is 0 Å². The number of aryl methyl sites for hydroxylation is 1. The number of benzene rings is 1. The van der Waals surface area contributed by atoms with E-state index in [1.165, 1.54) is 6.92 Å². The number of nitrogens with two attached hydrogens (primary N) is 1. The Kier molecular flexibility index (Phi) is 12.3. The first-order valence-corrected chi connectivity index (χ1v) is 11.6. The van der Waals surface area contributed by atoms with E-state index in [0.717, 1.165) is 35.8 Å². The Balaban J connectivity index is 0.000000364. The average molecular weight is 481 g/mol. The van der Waals surface area contributed by atoms with E-state index in [1.54, 1.807) is 37.8 Å². The summed E-state index contributed by atoms with van der Waals surface area (Å²) in [6.45, 7) is 8.42. The quantitative estimate of drug-likeness (QED) is 0.376. The Hall–Kier alpha value is -3.57. The van der Waals surface area contributed by atoms with Crippen LogP contribution in [0.25, 0.3) is 21.9 Å². The summed E-state index contributed by atoms with van der Waals surface area (Å²) in [7, 11) is 5.87. The highest BCUT2D eigenvalue weighted by Crippen LogP contribution is 2.36. The number of nitrogen functional groups attached to an aromatic ring is 1. The van der Waals surface area contributed by atoms with Crippen molar-refractivity contribution in [2.24, 2.45) is 11.8 Å². The minimum atomic E-state index is -0.433. The maximum atomic E-state index is 14.6. The number of fused-ring (bicyclic) bond motifs is 1. The number of halogens is 1. The Morgan fingerprint density at radius 1 is 1.29 bits per heavy atom. The third kappa shape index (κ3) is 8.30. The summed E-state index contributed by atoms with van der Waals surface area (Å²) in [6, 6.07) is 7.23. The van der Waals surface area contributed by atoms with Crippen LogP contribution in [0.1, 0.15) is 32.8 Å². The number of aldehydes is 1. The molecule has 1 aromatic carbocycles. The number of aromatic nitrogens is 2. The molecule has 1 fully saturated rings. The maximum Gasteiger partial charge on any atom is 0.154 e. The maximum absolute atomic E-state index is 14.6. The number of anilines is 2. The second kappa shape index (κ2) is 14.6. The Morgan fingerprint density at radius 3 is 2.46 bits per heavy atom. The Labute approximate surface area is 208 Å². The molecule has 1 aliphatic rings. The molecule has 4 rings (SSSR count). The van der Waals surface area contributed by atoms with Crippen LogP contribution < -0.4 is 11.1 Å². The zero-order chi connectivity index (χ0) is 26.5. The van der Waals surface area contributed by atoms with E-state index < -0.39 is 5.82 Å². The number of hydrogen-bond donors (Lipinski definition) is 2. The van der Waals surface area contributed by atoms with E-state index in [1.807, 2.05) is 47.0 Å². The molecule has 0 saturated heterocycles. The second-order valence-corrected chi connectivity index (χ2v) is 8.16. The van der Waals surface area contributed by atoms with Gasteiger partial charge in [-0.1, -0.05) is 13.8 Å². The number of nitrogens with zero attached hydrogens (tertiary/aromatic N) is 4. The van der Waals surface area contributed by atoms with Gasteiger partial charge in [-0.2, -0.15) is 5.26 Å². The molecule has 3 aromatic rings. The van der Waals surface area contributed by atoms with Crippen molar-refractivity contribution in [3.05, 3.63) is 48.2 Å². The average Bonchev–Trinajstić information content (AvgIpc) is 3.61. The van der Waals surface area contributed by atoms with Crippen LogP contribution in [0.3, 0.4) is 0 Å². The Morgan fingerprint density at radius 2 is 1.94 bits per heavy atom. The van der Waals surface area contributed by atoms with Crippen molar-refractivity contribution in [2.45, 2.75) is 34.1 Å². The molecule has 1 saturated carbocycles. The minimum Gasteiger partial charge on any atom is -0.396 e. The van der Waals surface area contributed by atoms with Crippen LogP contribution in [0, 0.1) is 35.9 Å². The summed E-state index contributed by atoms with van der Waals surface area (Å²) in [5.41, 5.74) is 8.20. The molecule has 35 heavy (non-hydrogen) atoms. The third-order valence-electron chi connectivity index (χ3n) is 5.34. The largest absolute Gasteiger partial charge is 0.396 e. The van der Waals surface area contributed by atoms with Crippen LogP contribution >= 0.6 is 0 Å². The lowest BCUT2D eigenvalue weighted by Crippen LogP contribution is -2.15. The molecule has 0 amide bonds. The molecule has 0 spiro atoms. The van der Waals surface area contributed by atoms with Gasteiger partial charge in [0.25, 0.3) is 0 Å². The van der Waals surface area contributed by atoms with Crippen LogP contribution in [0.15, 0.2) is 36.8 Å². The number of pyridine rings is 2. The first-order valence-electron chi connectivity index (χ1n) is 11.6. The van der Waals surface area contributed by atoms with Crippen LogP contribution in [0.4, 0.5) is 15.9 Å². The lowest BCUT2D eigenvalue weighted by atomic mass is 9.98. The molecule has 188 valence electrons.